The number of nitrogens with zero attached hydrogens (tertiary/aromatic N) is 1. The summed E-state index contributed by atoms with van der Waals surface area (Å²) in [5.41, 5.74) is 1.27. The van der Waals surface area contributed by atoms with Gasteiger partial charge in [0.15, 0.2) is 0 Å². The van der Waals surface area contributed by atoms with Crippen molar-refractivity contribution in [2.45, 2.75) is 63.7 Å². The molecule has 1 N–H and O–H groups in total. The van der Waals surface area contributed by atoms with E-state index in [1.807, 2.05) is 6.92 Å². The molecule has 0 unspecified atom stereocenters. The first-order valence-corrected chi connectivity index (χ1v) is 12.7. The highest BCUT2D eigenvalue weighted by Crippen LogP contribution is 2.49. The van der Waals surface area contributed by atoms with Crippen molar-refractivity contribution in [3.63, 3.8) is 0 Å². The smallest absolute Gasteiger partial charge is 0.352 e. The molecular weight excluding hydrogens is 468 g/mol. The molecule has 2 aromatic carbocycles. The summed E-state index contributed by atoms with van der Waals surface area (Å²) in [5.74, 6) is -0.697. The molecule has 1 heterocycles. The van der Waals surface area contributed by atoms with Crippen molar-refractivity contribution in [1.29, 1.82) is 0 Å². The summed E-state index contributed by atoms with van der Waals surface area (Å²) in [7, 11) is 0. The molecule has 2 aliphatic carbocycles. The number of carbonyl (C=O) groups excluding carboxylic acids is 1. The SMILES string of the molecule is C[C@H]1CN([C@@H]2CC[C@](C)(C(=O)NCc3cc(F)cc(C(F)(F)F)c3)C2)CC[C@]12C=Cc1ccccc12. The number of benzene rings is 2. The lowest BCUT2D eigenvalue weighted by molar-refractivity contribution is -0.137. The zero-order valence-corrected chi connectivity index (χ0v) is 20.7. The van der Waals surface area contributed by atoms with Gasteiger partial charge < -0.3 is 5.32 Å². The van der Waals surface area contributed by atoms with Gasteiger partial charge in [-0.1, -0.05) is 50.3 Å². The minimum atomic E-state index is -4.63. The van der Waals surface area contributed by atoms with Gasteiger partial charge in [-0.3, -0.25) is 9.69 Å². The second-order valence-electron chi connectivity index (χ2n) is 11.1. The largest absolute Gasteiger partial charge is 0.416 e. The first-order chi connectivity index (χ1) is 17.0. The molecule has 0 bridgehead atoms. The van der Waals surface area contributed by atoms with Crippen LogP contribution in [0.15, 0.2) is 48.5 Å². The molecule has 7 heteroatoms. The molecule has 1 aliphatic heterocycles. The number of alkyl halides is 3. The van der Waals surface area contributed by atoms with Crippen LogP contribution in [0, 0.1) is 17.2 Å². The van der Waals surface area contributed by atoms with Gasteiger partial charge in [-0.25, -0.2) is 4.39 Å². The Kier molecular flexibility index (Phi) is 6.26. The van der Waals surface area contributed by atoms with Crippen LogP contribution >= 0.6 is 0 Å². The van der Waals surface area contributed by atoms with E-state index in [1.165, 1.54) is 11.1 Å². The third kappa shape index (κ3) is 4.47. The van der Waals surface area contributed by atoms with Gasteiger partial charge in [0.2, 0.25) is 5.91 Å². The Hall–Kier alpha value is -2.67. The Labute approximate surface area is 209 Å². The van der Waals surface area contributed by atoms with E-state index in [0.29, 0.717) is 24.4 Å². The summed E-state index contributed by atoms with van der Waals surface area (Å²) < 4.78 is 52.7. The van der Waals surface area contributed by atoms with Crippen LogP contribution in [0.3, 0.4) is 0 Å². The highest BCUT2D eigenvalue weighted by molar-refractivity contribution is 5.82. The maximum Gasteiger partial charge on any atom is 0.416 e. The molecule has 36 heavy (non-hydrogen) atoms. The number of likely N-dealkylation sites (tertiary alicyclic amines) is 1. The maximum absolute atomic E-state index is 13.7. The molecule has 3 nitrogen and oxygen atoms in total. The molecule has 1 saturated heterocycles. The molecule has 2 fully saturated rings. The van der Waals surface area contributed by atoms with Gasteiger partial charge in [-0.2, -0.15) is 13.2 Å². The number of carbonyl (C=O) groups is 1. The number of nitrogens with one attached hydrogen (secondary N) is 1. The van der Waals surface area contributed by atoms with Crippen LogP contribution in [-0.4, -0.2) is 29.9 Å². The molecular formula is C29H32F4N2O. The van der Waals surface area contributed by atoms with Crippen LogP contribution in [0.1, 0.15) is 61.8 Å². The van der Waals surface area contributed by atoms with Crippen LogP contribution in [0.4, 0.5) is 17.6 Å². The topological polar surface area (TPSA) is 32.3 Å². The monoisotopic (exact) mass is 500 g/mol. The number of allylic oxidation sites excluding steroid dienone is 1. The normalized spacial score (nSPS) is 30.1. The van der Waals surface area contributed by atoms with Gasteiger partial charge in [-0.05, 0) is 73.0 Å². The van der Waals surface area contributed by atoms with Crippen molar-refractivity contribution < 1.29 is 22.4 Å². The lowest BCUT2D eigenvalue weighted by atomic mass is 9.68. The van der Waals surface area contributed by atoms with E-state index in [2.05, 4.69) is 53.6 Å². The fourth-order valence-electron chi connectivity index (χ4n) is 6.59. The maximum atomic E-state index is 13.7. The lowest BCUT2D eigenvalue weighted by Crippen LogP contribution is -2.50. The average molecular weight is 501 g/mol. The Morgan fingerprint density at radius 2 is 1.94 bits per heavy atom. The summed E-state index contributed by atoms with van der Waals surface area (Å²) >= 11 is 0. The summed E-state index contributed by atoms with van der Waals surface area (Å²) in [4.78, 5) is 15.6. The van der Waals surface area contributed by atoms with Crippen LogP contribution < -0.4 is 5.32 Å². The summed E-state index contributed by atoms with van der Waals surface area (Å²) in [6.07, 6.45) is 3.38. The van der Waals surface area contributed by atoms with Gasteiger partial charge in [0, 0.05) is 30.0 Å². The number of piperidine rings is 1. The van der Waals surface area contributed by atoms with Crippen molar-refractivity contribution in [1.82, 2.24) is 10.2 Å². The summed E-state index contributed by atoms with van der Waals surface area (Å²) in [6.45, 7) is 6.04. The number of amides is 1. The zero-order chi connectivity index (χ0) is 25.7. The summed E-state index contributed by atoms with van der Waals surface area (Å²) in [5, 5.41) is 2.77. The minimum absolute atomic E-state index is 0.0760. The quantitative estimate of drug-likeness (QED) is 0.498. The second kappa shape index (κ2) is 9.02. The van der Waals surface area contributed by atoms with Gasteiger partial charge in [-0.15, -0.1) is 0 Å². The van der Waals surface area contributed by atoms with Crippen molar-refractivity contribution in [2.24, 2.45) is 11.3 Å². The first kappa shape index (κ1) is 25.0. The van der Waals surface area contributed by atoms with E-state index < -0.39 is 23.0 Å². The predicted octanol–water partition coefficient (Wildman–Crippen LogP) is 6.33. The minimum Gasteiger partial charge on any atom is -0.352 e. The number of fused-ring (bicyclic) bond motifs is 2. The third-order valence-corrected chi connectivity index (χ3v) is 8.74. The summed E-state index contributed by atoms with van der Waals surface area (Å²) in [6, 6.07) is 11.3. The highest BCUT2D eigenvalue weighted by Gasteiger charge is 2.48. The van der Waals surface area contributed by atoms with E-state index in [9.17, 15) is 22.4 Å². The Morgan fingerprint density at radius 1 is 1.17 bits per heavy atom. The standard InChI is InChI=1S/C29H32F4N2O/c1-19-18-35(12-11-28(19)10-7-21-5-3-4-6-25(21)28)24-8-9-27(2,16-24)26(36)34-17-20-13-22(29(31,32)33)15-23(30)14-20/h3-7,10,13-15,19,24H,8-9,11-12,16-18H2,1-2H3,(H,34,36)/t19-,24+,27-,28+/m0/s1. The first-order valence-electron chi connectivity index (χ1n) is 12.7. The van der Waals surface area contributed by atoms with Gasteiger partial charge in [0.25, 0.3) is 0 Å². The molecule has 2 aromatic rings. The van der Waals surface area contributed by atoms with Gasteiger partial charge >= 0.3 is 6.18 Å². The van der Waals surface area contributed by atoms with Crippen molar-refractivity contribution in [2.75, 3.05) is 13.1 Å². The van der Waals surface area contributed by atoms with Crippen molar-refractivity contribution in [3.05, 3.63) is 76.6 Å². The van der Waals surface area contributed by atoms with Crippen molar-refractivity contribution in [3.8, 4) is 0 Å². The van der Waals surface area contributed by atoms with E-state index in [4.69, 9.17) is 0 Å². The Morgan fingerprint density at radius 3 is 2.69 bits per heavy atom. The van der Waals surface area contributed by atoms with E-state index in [-0.39, 0.29) is 23.4 Å². The molecule has 3 aliphatic rings. The average Bonchev–Trinajstić information content (AvgIpc) is 3.41. The van der Waals surface area contributed by atoms with Crippen LogP contribution in [0.2, 0.25) is 0 Å². The van der Waals surface area contributed by atoms with Gasteiger partial charge in [0.05, 0.1) is 5.56 Å². The molecule has 5 rings (SSSR count). The van der Waals surface area contributed by atoms with Crippen LogP contribution in [-0.2, 0) is 22.9 Å². The molecule has 0 aromatic heterocycles. The molecule has 0 radical (unpaired) electrons. The molecule has 1 saturated carbocycles. The Bertz CT molecular complexity index is 1190. The molecule has 192 valence electrons. The molecule has 1 amide bonds. The molecule has 4 atom stereocenters. The zero-order valence-electron chi connectivity index (χ0n) is 20.7. The van der Waals surface area contributed by atoms with Gasteiger partial charge in [0.1, 0.15) is 5.82 Å². The van der Waals surface area contributed by atoms with E-state index in [0.717, 1.165) is 44.5 Å². The van der Waals surface area contributed by atoms with Crippen LogP contribution in [0.5, 0.6) is 0 Å². The number of halogens is 4. The van der Waals surface area contributed by atoms with E-state index >= 15 is 0 Å². The number of rotatable bonds is 4. The van der Waals surface area contributed by atoms with Crippen molar-refractivity contribution >= 4 is 12.0 Å². The van der Waals surface area contributed by atoms with E-state index in [1.54, 1.807) is 0 Å². The fraction of sp³-hybridized carbons (Fsp3) is 0.483. The third-order valence-electron chi connectivity index (χ3n) is 8.74. The predicted molar refractivity (Wildman–Crippen MR) is 132 cm³/mol. The number of hydrogen-bond acceptors (Lipinski definition) is 2. The van der Waals surface area contributed by atoms with Crippen LogP contribution in [0.25, 0.3) is 6.08 Å². The lowest BCUT2D eigenvalue weighted by Gasteiger charge is -2.46. The second-order valence-corrected chi connectivity index (χ2v) is 11.1. The number of hydrogen-bond donors (Lipinski definition) is 1. The highest BCUT2D eigenvalue weighted by atomic mass is 19.4. The Balaban J connectivity index is 1.20. The fourth-order valence-corrected chi connectivity index (χ4v) is 6.59. The molecule has 1 spiro atoms.